The molecular weight excluding hydrogens is 160 g/mol. The highest BCUT2D eigenvalue weighted by atomic mass is 16.1. The van der Waals surface area contributed by atoms with Gasteiger partial charge in [-0.2, -0.15) is 0 Å². The van der Waals surface area contributed by atoms with Crippen molar-refractivity contribution in [2.75, 3.05) is 0 Å². The van der Waals surface area contributed by atoms with Crippen LogP contribution in [0.15, 0.2) is 23.8 Å². The first-order chi connectivity index (χ1) is 5.97. The summed E-state index contributed by atoms with van der Waals surface area (Å²) in [5, 5.41) is 0. The van der Waals surface area contributed by atoms with Gasteiger partial charge in [0.25, 0.3) is 0 Å². The molecule has 0 spiro atoms. The van der Waals surface area contributed by atoms with Gasteiger partial charge in [0, 0.05) is 6.42 Å². The average molecular weight is 178 g/mol. The Morgan fingerprint density at radius 3 is 2.54 bits per heavy atom. The number of ketones is 1. The summed E-state index contributed by atoms with van der Waals surface area (Å²) in [5.74, 6) is 0.278. The summed E-state index contributed by atoms with van der Waals surface area (Å²) in [6.45, 7) is 6.48. The van der Waals surface area contributed by atoms with Crippen LogP contribution >= 0.6 is 0 Å². The second kappa shape index (κ2) is 3.91. The molecule has 0 saturated heterocycles. The molecule has 0 unspecified atom stereocenters. The minimum Gasteiger partial charge on any atom is -0.295 e. The third-order valence-electron chi connectivity index (χ3n) is 2.03. The van der Waals surface area contributed by atoms with Crippen LogP contribution in [-0.2, 0) is 4.79 Å². The number of carbonyl (C=O) groups excluding carboxylic acids is 1. The highest BCUT2D eigenvalue weighted by Gasteiger charge is 2.09. The Hall–Kier alpha value is -0.850. The molecule has 0 aromatic rings. The molecule has 0 atom stereocenters. The molecule has 0 saturated carbocycles. The third kappa shape index (κ3) is 4.07. The van der Waals surface area contributed by atoms with E-state index in [9.17, 15) is 4.79 Å². The van der Waals surface area contributed by atoms with Crippen molar-refractivity contribution in [1.82, 2.24) is 0 Å². The summed E-state index contributed by atoms with van der Waals surface area (Å²) < 4.78 is 0. The minimum atomic E-state index is 0.210. The molecule has 1 aliphatic rings. The predicted octanol–water partition coefficient (Wildman–Crippen LogP) is 3.27. The lowest BCUT2D eigenvalue weighted by Gasteiger charge is -2.13. The van der Waals surface area contributed by atoms with Crippen molar-refractivity contribution in [2.45, 2.75) is 40.0 Å². The van der Waals surface area contributed by atoms with E-state index < -0.39 is 0 Å². The molecule has 1 heteroatoms. The van der Waals surface area contributed by atoms with Crippen LogP contribution < -0.4 is 0 Å². The zero-order chi connectivity index (χ0) is 9.90. The molecule has 0 aromatic heterocycles. The van der Waals surface area contributed by atoms with Crippen LogP contribution in [0.25, 0.3) is 0 Å². The molecule has 0 heterocycles. The van der Waals surface area contributed by atoms with Gasteiger partial charge >= 0.3 is 0 Å². The van der Waals surface area contributed by atoms with Gasteiger partial charge in [-0.25, -0.2) is 0 Å². The Morgan fingerprint density at radius 1 is 1.31 bits per heavy atom. The molecule has 0 aliphatic heterocycles. The number of carbonyl (C=O) groups is 1. The Morgan fingerprint density at radius 2 is 2.00 bits per heavy atom. The maximum atomic E-state index is 11.1. The molecule has 0 aromatic carbocycles. The van der Waals surface area contributed by atoms with Crippen LogP contribution in [0.4, 0.5) is 0 Å². The fourth-order valence-corrected chi connectivity index (χ4v) is 1.31. The van der Waals surface area contributed by atoms with Crippen LogP contribution in [0, 0.1) is 5.41 Å². The Kier molecular flexibility index (Phi) is 3.07. The fourth-order valence-electron chi connectivity index (χ4n) is 1.31. The summed E-state index contributed by atoms with van der Waals surface area (Å²) in [7, 11) is 0. The van der Waals surface area contributed by atoms with Gasteiger partial charge in [0.2, 0.25) is 0 Å². The highest BCUT2D eigenvalue weighted by molar-refractivity contribution is 5.91. The van der Waals surface area contributed by atoms with E-state index in [0.29, 0.717) is 0 Å². The second-order valence-electron chi connectivity index (χ2n) is 4.74. The van der Waals surface area contributed by atoms with Crippen molar-refractivity contribution in [3.05, 3.63) is 23.8 Å². The maximum absolute atomic E-state index is 11.1. The zero-order valence-electron chi connectivity index (χ0n) is 8.76. The van der Waals surface area contributed by atoms with Crippen molar-refractivity contribution in [3.63, 3.8) is 0 Å². The Bertz CT molecular complexity index is 251. The van der Waals surface area contributed by atoms with Crippen molar-refractivity contribution >= 4 is 5.78 Å². The molecule has 0 fully saturated rings. The first-order valence-corrected chi connectivity index (χ1v) is 4.90. The van der Waals surface area contributed by atoms with Gasteiger partial charge in [0.15, 0.2) is 5.78 Å². The molecule has 72 valence electrons. The zero-order valence-corrected chi connectivity index (χ0v) is 8.76. The van der Waals surface area contributed by atoms with Crippen LogP contribution in [-0.4, -0.2) is 5.78 Å². The maximum Gasteiger partial charge on any atom is 0.155 e. The third-order valence-corrected chi connectivity index (χ3v) is 2.03. The van der Waals surface area contributed by atoms with Crippen LogP contribution in [0.3, 0.4) is 0 Å². The van der Waals surface area contributed by atoms with E-state index in [0.717, 1.165) is 19.3 Å². The summed E-state index contributed by atoms with van der Waals surface area (Å²) in [6, 6.07) is 0. The lowest BCUT2D eigenvalue weighted by molar-refractivity contribution is -0.115. The van der Waals surface area contributed by atoms with Crippen LogP contribution in [0.2, 0.25) is 0 Å². The fraction of sp³-hybridized carbons (Fsp3) is 0.583. The molecule has 1 aliphatic carbocycles. The van der Waals surface area contributed by atoms with Crippen molar-refractivity contribution in [3.8, 4) is 0 Å². The van der Waals surface area contributed by atoms with Crippen molar-refractivity contribution in [1.29, 1.82) is 0 Å². The predicted molar refractivity (Wildman–Crippen MR) is 55.5 cm³/mol. The first-order valence-electron chi connectivity index (χ1n) is 4.90. The van der Waals surface area contributed by atoms with Gasteiger partial charge in [-0.3, -0.25) is 4.79 Å². The first kappa shape index (κ1) is 10.2. The quantitative estimate of drug-likeness (QED) is 0.602. The molecule has 0 bridgehead atoms. The standard InChI is InChI=1S/C12H18O/c1-12(2,3)8-7-10-5-4-6-11(13)9-10/h7-9H,4-6H2,1-3H3/b8-7+. The van der Waals surface area contributed by atoms with Gasteiger partial charge < -0.3 is 0 Å². The smallest absolute Gasteiger partial charge is 0.155 e. The van der Waals surface area contributed by atoms with Crippen molar-refractivity contribution in [2.24, 2.45) is 5.41 Å². The number of allylic oxidation sites excluding steroid dienone is 4. The van der Waals surface area contributed by atoms with Gasteiger partial charge in [-0.1, -0.05) is 32.9 Å². The van der Waals surface area contributed by atoms with E-state index >= 15 is 0 Å². The van der Waals surface area contributed by atoms with Crippen LogP contribution in [0.1, 0.15) is 40.0 Å². The number of rotatable bonds is 1. The lowest BCUT2D eigenvalue weighted by Crippen LogP contribution is -2.03. The minimum absolute atomic E-state index is 0.210. The molecule has 0 N–H and O–H groups in total. The van der Waals surface area contributed by atoms with E-state index in [1.165, 1.54) is 5.57 Å². The normalized spacial score (nSPS) is 19.3. The van der Waals surface area contributed by atoms with E-state index in [-0.39, 0.29) is 11.2 Å². The molecule has 1 nitrogen and oxygen atoms in total. The highest BCUT2D eigenvalue weighted by Crippen LogP contribution is 2.20. The van der Waals surface area contributed by atoms with Gasteiger partial charge in [0.05, 0.1) is 0 Å². The van der Waals surface area contributed by atoms with Gasteiger partial charge in [-0.05, 0) is 29.9 Å². The lowest BCUT2D eigenvalue weighted by atomic mass is 9.92. The summed E-state index contributed by atoms with van der Waals surface area (Å²) >= 11 is 0. The monoisotopic (exact) mass is 178 g/mol. The SMILES string of the molecule is CC(C)(C)/C=C/C1=CC(=O)CCC1. The Balaban J connectivity index is 2.63. The average Bonchev–Trinajstić information content (AvgIpc) is 2.00. The van der Waals surface area contributed by atoms with Gasteiger partial charge in [-0.15, -0.1) is 0 Å². The number of hydrogen-bond acceptors (Lipinski definition) is 1. The summed E-state index contributed by atoms with van der Waals surface area (Å²) in [5.41, 5.74) is 1.40. The summed E-state index contributed by atoms with van der Waals surface area (Å²) in [6.07, 6.45) is 8.84. The molecular formula is C12H18O. The number of hydrogen-bond donors (Lipinski definition) is 0. The molecule has 0 radical (unpaired) electrons. The second-order valence-corrected chi connectivity index (χ2v) is 4.74. The largest absolute Gasteiger partial charge is 0.295 e. The van der Waals surface area contributed by atoms with Crippen LogP contribution in [0.5, 0.6) is 0 Å². The van der Waals surface area contributed by atoms with E-state index in [1.807, 2.05) is 0 Å². The van der Waals surface area contributed by atoms with E-state index in [2.05, 4.69) is 32.9 Å². The van der Waals surface area contributed by atoms with E-state index in [1.54, 1.807) is 6.08 Å². The Labute approximate surface area is 80.5 Å². The molecule has 13 heavy (non-hydrogen) atoms. The topological polar surface area (TPSA) is 17.1 Å². The van der Waals surface area contributed by atoms with Gasteiger partial charge in [0.1, 0.15) is 0 Å². The summed E-state index contributed by atoms with van der Waals surface area (Å²) in [4.78, 5) is 11.1. The van der Waals surface area contributed by atoms with Crippen molar-refractivity contribution < 1.29 is 4.79 Å². The molecule has 0 amide bonds. The van der Waals surface area contributed by atoms with E-state index in [4.69, 9.17) is 0 Å². The molecule has 1 rings (SSSR count).